The first-order valence-corrected chi connectivity index (χ1v) is 14.4. The van der Waals surface area contributed by atoms with Crippen LogP contribution in [0.5, 0.6) is 0 Å². The Morgan fingerprint density at radius 2 is 1.76 bits per heavy atom. The molecular formula is C26H24BrN3O5S2. The van der Waals surface area contributed by atoms with Crippen LogP contribution in [0.1, 0.15) is 22.8 Å². The summed E-state index contributed by atoms with van der Waals surface area (Å²) in [6.07, 6.45) is 0. The number of hydrogen-bond acceptors (Lipinski definition) is 6. The van der Waals surface area contributed by atoms with Crippen LogP contribution >= 0.6 is 27.3 Å². The van der Waals surface area contributed by atoms with E-state index in [1.165, 1.54) is 47.0 Å². The summed E-state index contributed by atoms with van der Waals surface area (Å²) in [5, 5.41) is 0. The van der Waals surface area contributed by atoms with Crippen LogP contribution in [-0.2, 0) is 32.6 Å². The Morgan fingerprint density at radius 3 is 2.43 bits per heavy atom. The molecule has 37 heavy (non-hydrogen) atoms. The lowest BCUT2D eigenvalue weighted by Gasteiger charge is -2.17. The number of amides is 1. The van der Waals surface area contributed by atoms with Crippen molar-refractivity contribution in [2.24, 2.45) is 4.99 Å². The second-order valence-corrected chi connectivity index (χ2v) is 12.0. The molecule has 0 aliphatic carbocycles. The predicted molar refractivity (Wildman–Crippen MR) is 146 cm³/mol. The van der Waals surface area contributed by atoms with E-state index in [-0.39, 0.29) is 30.2 Å². The van der Waals surface area contributed by atoms with Gasteiger partial charge in [0.1, 0.15) is 6.54 Å². The van der Waals surface area contributed by atoms with E-state index < -0.39 is 21.9 Å². The molecule has 192 valence electrons. The Balaban J connectivity index is 1.62. The molecule has 3 aromatic carbocycles. The number of rotatable bonds is 8. The van der Waals surface area contributed by atoms with Crippen molar-refractivity contribution in [1.29, 1.82) is 0 Å². The van der Waals surface area contributed by atoms with E-state index in [1.807, 2.05) is 48.5 Å². The number of carbonyl (C=O) groups is 2. The van der Waals surface area contributed by atoms with E-state index >= 15 is 0 Å². The van der Waals surface area contributed by atoms with E-state index in [4.69, 9.17) is 4.74 Å². The van der Waals surface area contributed by atoms with Gasteiger partial charge in [0, 0.05) is 23.6 Å². The number of esters is 1. The van der Waals surface area contributed by atoms with Gasteiger partial charge in [0.05, 0.1) is 21.7 Å². The van der Waals surface area contributed by atoms with Gasteiger partial charge in [0.15, 0.2) is 4.80 Å². The zero-order valence-electron chi connectivity index (χ0n) is 20.1. The van der Waals surface area contributed by atoms with Crippen molar-refractivity contribution in [2.45, 2.75) is 24.9 Å². The maximum absolute atomic E-state index is 13.0. The van der Waals surface area contributed by atoms with E-state index in [0.717, 1.165) is 20.3 Å². The number of benzene rings is 3. The third-order valence-corrected chi connectivity index (χ3v) is 8.84. The fourth-order valence-electron chi connectivity index (χ4n) is 3.65. The van der Waals surface area contributed by atoms with Gasteiger partial charge in [-0.05, 0) is 55.0 Å². The van der Waals surface area contributed by atoms with Crippen LogP contribution in [0.4, 0.5) is 0 Å². The lowest BCUT2D eigenvalue weighted by Crippen LogP contribution is -2.26. The molecule has 0 unspecified atom stereocenters. The molecule has 0 N–H and O–H groups in total. The highest BCUT2D eigenvalue weighted by molar-refractivity contribution is 9.10. The summed E-state index contributed by atoms with van der Waals surface area (Å²) < 4.78 is 35.7. The highest BCUT2D eigenvalue weighted by Gasteiger charge is 2.21. The number of nitrogens with zero attached hydrogens (tertiary/aromatic N) is 3. The molecule has 0 radical (unpaired) electrons. The molecule has 11 heteroatoms. The monoisotopic (exact) mass is 601 g/mol. The Kier molecular flexibility index (Phi) is 8.38. The van der Waals surface area contributed by atoms with Gasteiger partial charge in [-0.15, -0.1) is 0 Å². The number of sulfonamides is 1. The number of aromatic nitrogens is 1. The smallest absolute Gasteiger partial charge is 0.326 e. The quantitative estimate of drug-likeness (QED) is 0.275. The number of fused-ring (bicyclic) bond motifs is 1. The van der Waals surface area contributed by atoms with Crippen LogP contribution in [0.3, 0.4) is 0 Å². The highest BCUT2D eigenvalue weighted by atomic mass is 79.9. The molecule has 4 aromatic rings. The first-order valence-electron chi connectivity index (χ1n) is 11.3. The maximum Gasteiger partial charge on any atom is 0.326 e. The van der Waals surface area contributed by atoms with Gasteiger partial charge < -0.3 is 9.30 Å². The van der Waals surface area contributed by atoms with Crippen LogP contribution < -0.4 is 4.80 Å². The lowest BCUT2D eigenvalue weighted by molar-refractivity contribution is -0.143. The van der Waals surface area contributed by atoms with Crippen LogP contribution in [0.25, 0.3) is 10.2 Å². The molecule has 8 nitrogen and oxygen atoms in total. The van der Waals surface area contributed by atoms with Gasteiger partial charge in [0.2, 0.25) is 10.0 Å². The summed E-state index contributed by atoms with van der Waals surface area (Å²) in [5.74, 6) is -0.988. The van der Waals surface area contributed by atoms with Crippen molar-refractivity contribution in [3.8, 4) is 0 Å². The molecule has 0 saturated carbocycles. The van der Waals surface area contributed by atoms with Crippen molar-refractivity contribution in [2.75, 3.05) is 13.7 Å². The molecule has 0 aliphatic rings. The van der Waals surface area contributed by atoms with Crippen LogP contribution in [0.15, 0.2) is 87.2 Å². The van der Waals surface area contributed by atoms with Gasteiger partial charge in [-0.3, -0.25) is 9.59 Å². The van der Waals surface area contributed by atoms with Crippen molar-refractivity contribution in [3.63, 3.8) is 0 Å². The zero-order chi connectivity index (χ0) is 26.6. The zero-order valence-corrected chi connectivity index (χ0v) is 23.3. The summed E-state index contributed by atoms with van der Waals surface area (Å²) in [4.78, 5) is 29.9. The molecule has 0 saturated heterocycles. The van der Waals surface area contributed by atoms with Crippen molar-refractivity contribution in [1.82, 2.24) is 8.87 Å². The van der Waals surface area contributed by atoms with Gasteiger partial charge in [-0.25, -0.2) is 8.42 Å². The van der Waals surface area contributed by atoms with Crippen molar-refractivity contribution >= 4 is 59.4 Å². The molecule has 1 heterocycles. The van der Waals surface area contributed by atoms with E-state index in [9.17, 15) is 18.0 Å². The molecule has 1 aromatic heterocycles. The highest BCUT2D eigenvalue weighted by Crippen LogP contribution is 2.23. The fraction of sp³-hybridized carbons (Fsp3) is 0.192. The normalized spacial score (nSPS) is 12.3. The molecule has 0 bridgehead atoms. The van der Waals surface area contributed by atoms with Crippen LogP contribution in [0.2, 0.25) is 0 Å². The summed E-state index contributed by atoms with van der Waals surface area (Å²) >= 11 is 4.70. The number of thiazole rings is 1. The Labute approximate surface area is 227 Å². The van der Waals surface area contributed by atoms with E-state index in [2.05, 4.69) is 20.9 Å². The molecule has 1 amide bonds. The lowest BCUT2D eigenvalue weighted by atomic mass is 10.2. The number of halogens is 1. The van der Waals surface area contributed by atoms with E-state index in [0.29, 0.717) is 4.80 Å². The Morgan fingerprint density at radius 1 is 1.05 bits per heavy atom. The maximum atomic E-state index is 13.0. The number of hydrogen-bond donors (Lipinski definition) is 0. The van der Waals surface area contributed by atoms with Gasteiger partial charge in [-0.2, -0.15) is 9.30 Å². The average Bonchev–Trinajstić information content (AvgIpc) is 3.20. The Bertz CT molecular complexity index is 1610. The molecule has 0 atom stereocenters. The standard InChI is InChI=1S/C26H24BrN3O5S2/c1-3-35-24(31)17-30-22-14-11-20(27)15-23(22)36-26(30)28-25(32)19-9-12-21(13-10-19)37(33,34)29(2)16-18-7-5-4-6-8-18/h4-15H,3,16-17H2,1-2H3. The van der Waals surface area contributed by atoms with Crippen LogP contribution in [0, 0.1) is 0 Å². The first kappa shape index (κ1) is 26.9. The number of carbonyl (C=O) groups excluding carboxylic acids is 2. The van der Waals surface area contributed by atoms with Gasteiger partial charge >= 0.3 is 5.97 Å². The minimum atomic E-state index is -3.75. The summed E-state index contributed by atoms with van der Waals surface area (Å²) in [6, 6.07) is 20.5. The second-order valence-electron chi connectivity index (χ2n) is 8.08. The van der Waals surface area contributed by atoms with Gasteiger partial charge in [-0.1, -0.05) is 57.6 Å². The second kappa shape index (κ2) is 11.5. The minimum absolute atomic E-state index is 0.0755. The molecule has 4 rings (SSSR count). The summed E-state index contributed by atoms with van der Waals surface area (Å²) in [7, 11) is -2.24. The topological polar surface area (TPSA) is 98.0 Å². The van der Waals surface area contributed by atoms with Crippen molar-refractivity contribution < 1.29 is 22.7 Å². The molecule has 0 spiro atoms. The van der Waals surface area contributed by atoms with E-state index in [1.54, 1.807) is 11.5 Å². The summed E-state index contributed by atoms with van der Waals surface area (Å²) in [6.45, 7) is 2.10. The minimum Gasteiger partial charge on any atom is -0.465 e. The van der Waals surface area contributed by atoms with Crippen molar-refractivity contribution in [3.05, 3.63) is 93.2 Å². The number of ether oxygens (including phenoxy) is 1. The third-order valence-electron chi connectivity index (χ3n) is 5.49. The first-order chi connectivity index (χ1) is 17.7. The predicted octanol–water partition coefficient (Wildman–Crippen LogP) is 4.59. The summed E-state index contributed by atoms with van der Waals surface area (Å²) in [5.41, 5.74) is 1.84. The SMILES string of the molecule is CCOC(=O)Cn1c(=NC(=O)c2ccc(S(=O)(=O)N(C)Cc3ccccc3)cc2)sc2cc(Br)ccc21. The average molecular weight is 603 g/mol. The third kappa shape index (κ3) is 6.24. The Hall–Kier alpha value is -3.12. The fourth-order valence-corrected chi connectivity index (χ4v) is 6.39. The van der Waals surface area contributed by atoms with Crippen LogP contribution in [-0.4, -0.2) is 42.8 Å². The molecule has 0 fully saturated rings. The molecule has 0 aliphatic heterocycles. The largest absolute Gasteiger partial charge is 0.465 e. The van der Waals surface area contributed by atoms with Gasteiger partial charge in [0.25, 0.3) is 5.91 Å². The molecular weight excluding hydrogens is 578 g/mol.